The molecule has 0 saturated heterocycles. The molecule has 0 aliphatic rings. The van der Waals surface area contributed by atoms with Crippen molar-refractivity contribution in [2.75, 3.05) is 20.0 Å². The van der Waals surface area contributed by atoms with Gasteiger partial charge < -0.3 is 9.47 Å². The Hall–Kier alpha value is -3.29. The minimum absolute atomic E-state index is 0.0832. The predicted octanol–water partition coefficient (Wildman–Crippen LogP) is 5.34. The van der Waals surface area contributed by atoms with Gasteiger partial charge in [-0.05, 0) is 55.5 Å². The summed E-state index contributed by atoms with van der Waals surface area (Å²) in [6.07, 6.45) is 0. The molecular weight excluding hydrogens is 460 g/mol. The van der Waals surface area contributed by atoms with Gasteiger partial charge in [-0.15, -0.1) is 0 Å². The van der Waals surface area contributed by atoms with Gasteiger partial charge in [0.2, 0.25) is 0 Å². The third-order valence-electron chi connectivity index (χ3n) is 5.13. The van der Waals surface area contributed by atoms with Gasteiger partial charge >= 0.3 is 0 Å². The van der Waals surface area contributed by atoms with Crippen molar-refractivity contribution in [2.45, 2.75) is 12.1 Å². The van der Waals surface area contributed by atoms with E-state index in [9.17, 15) is 9.59 Å². The van der Waals surface area contributed by atoms with Crippen LogP contribution in [0.5, 0.6) is 11.5 Å². The van der Waals surface area contributed by atoms with Crippen molar-refractivity contribution in [3.8, 4) is 17.2 Å². The number of methoxy groups -OCH3 is 2. The first-order chi connectivity index (χ1) is 15.9. The first-order valence-corrected chi connectivity index (χ1v) is 11.4. The maximum absolute atomic E-state index is 13.4. The van der Waals surface area contributed by atoms with E-state index < -0.39 is 0 Å². The van der Waals surface area contributed by atoms with Crippen molar-refractivity contribution >= 4 is 40.0 Å². The number of rotatable bonds is 7. The Morgan fingerprint density at radius 3 is 2.42 bits per heavy atom. The lowest BCUT2D eigenvalue weighted by atomic mass is 10.1. The fourth-order valence-corrected chi connectivity index (χ4v) is 4.45. The molecule has 0 N–H and O–H groups in total. The second-order valence-electron chi connectivity index (χ2n) is 7.31. The second-order valence-corrected chi connectivity index (χ2v) is 8.69. The summed E-state index contributed by atoms with van der Waals surface area (Å²) < 4.78 is 12.1. The van der Waals surface area contributed by atoms with Gasteiger partial charge in [-0.25, -0.2) is 4.98 Å². The van der Waals surface area contributed by atoms with Crippen molar-refractivity contribution < 1.29 is 14.3 Å². The van der Waals surface area contributed by atoms with Crippen LogP contribution in [0.4, 0.5) is 0 Å². The van der Waals surface area contributed by atoms with E-state index in [1.165, 1.54) is 30.5 Å². The number of ketones is 1. The van der Waals surface area contributed by atoms with Gasteiger partial charge in [0.15, 0.2) is 22.4 Å². The molecule has 8 heteroatoms. The third kappa shape index (κ3) is 4.74. The molecule has 0 atom stereocenters. The van der Waals surface area contributed by atoms with Crippen LogP contribution in [0.3, 0.4) is 0 Å². The highest BCUT2D eigenvalue weighted by Gasteiger charge is 2.17. The highest BCUT2D eigenvalue weighted by atomic mass is 35.5. The first-order valence-electron chi connectivity index (χ1n) is 10.1. The number of ether oxygens (including phenoxy) is 2. The molecule has 4 rings (SSSR count). The van der Waals surface area contributed by atoms with Crippen molar-refractivity contribution in [1.29, 1.82) is 0 Å². The highest BCUT2D eigenvalue weighted by molar-refractivity contribution is 7.99. The Morgan fingerprint density at radius 2 is 1.73 bits per heavy atom. The lowest BCUT2D eigenvalue weighted by molar-refractivity contribution is 0.102. The summed E-state index contributed by atoms with van der Waals surface area (Å²) in [5.41, 5.74) is 2.49. The SMILES string of the molecule is COc1ccc(C(=O)CSc2nc3cc(Cl)ccc3c(=O)n2-c2ccc(C)cc2)cc1OC. The zero-order valence-electron chi connectivity index (χ0n) is 18.3. The lowest BCUT2D eigenvalue weighted by Gasteiger charge is -2.14. The van der Waals surface area contributed by atoms with Crippen LogP contribution < -0.4 is 15.0 Å². The van der Waals surface area contributed by atoms with E-state index in [1.807, 2.05) is 31.2 Å². The molecule has 33 heavy (non-hydrogen) atoms. The van der Waals surface area contributed by atoms with Gasteiger partial charge in [-0.1, -0.05) is 41.1 Å². The van der Waals surface area contributed by atoms with E-state index in [2.05, 4.69) is 4.98 Å². The number of Topliss-reactive ketones (excluding diaryl/α,β-unsaturated/α-hetero) is 1. The molecule has 0 radical (unpaired) electrons. The van der Waals surface area contributed by atoms with Crippen LogP contribution >= 0.6 is 23.4 Å². The van der Waals surface area contributed by atoms with Crippen LogP contribution in [0, 0.1) is 6.92 Å². The number of aryl methyl sites for hydroxylation is 1. The molecule has 0 fully saturated rings. The van der Waals surface area contributed by atoms with E-state index in [4.69, 9.17) is 21.1 Å². The smallest absolute Gasteiger partial charge is 0.266 e. The number of halogens is 1. The monoisotopic (exact) mass is 480 g/mol. The van der Waals surface area contributed by atoms with Gasteiger partial charge in [-0.3, -0.25) is 14.2 Å². The van der Waals surface area contributed by atoms with Crippen molar-refractivity contribution in [3.63, 3.8) is 0 Å². The van der Waals surface area contributed by atoms with Crippen molar-refractivity contribution in [3.05, 3.63) is 87.2 Å². The van der Waals surface area contributed by atoms with Crippen LogP contribution in [0.1, 0.15) is 15.9 Å². The van der Waals surface area contributed by atoms with Crippen molar-refractivity contribution in [2.24, 2.45) is 0 Å². The van der Waals surface area contributed by atoms with Crippen LogP contribution in [-0.2, 0) is 0 Å². The van der Waals surface area contributed by atoms with Crippen LogP contribution in [0.25, 0.3) is 16.6 Å². The Balaban J connectivity index is 1.73. The molecule has 0 spiro atoms. The lowest BCUT2D eigenvalue weighted by Crippen LogP contribution is -2.22. The summed E-state index contributed by atoms with van der Waals surface area (Å²) in [4.78, 5) is 31.0. The number of carbonyl (C=O) groups excluding carboxylic acids is 1. The number of hydrogen-bond donors (Lipinski definition) is 0. The largest absolute Gasteiger partial charge is 0.493 e. The number of hydrogen-bond acceptors (Lipinski definition) is 6. The number of nitrogens with zero attached hydrogens (tertiary/aromatic N) is 2. The quantitative estimate of drug-likeness (QED) is 0.202. The highest BCUT2D eigenvalue weighted by Crippen LogP contribution is 2.29. The maximum atomic E-state index is 13.4. The molecular formula is C25H21ClN2O4S. The third-order valence-corrected chi connectivity index (χ3v) is 6.30. The molecule has 0 unspecified atom stereocenters. The molecule has 0 bridgehead atoms. The molecule has 6 nitrogen and oxygen atoms in total. The molecule has 1 heterocycles. The summed E-state index contributed by atoms with van der Waals surface area (Å²) in [6.45, 7) is 1.98. The minimum atomic E-state index is -0.221. The molecule has 3 aromatic carbocycles. The van der Waals surface area contributed by atoms with Crippen molar-refractivity contribution in [1.82, 2.24) is 9.55 Å². The average Bonchev–Trinajstić information content (AvgIpc) is 2.82. The van der Waals surface area contributed by atoms with E-state index in [-0.39, 0.29) is 17.1 Å². The number of carbonyl (C=O) groups is 1. The van der Waals surface area contributed by atoms with Crippen LogP contribution in [0.2, 0.25) is 5.02 Å². The second kappa shape index (κ2) is 9.68. The standard InChI is InChI=1S/C25H21ClN2O4S/c1-15-4-8-18(9-5-15)28-24(30)19-10-7-17(26)13-20(19)27-25(28)33-14-21(29)16-6-11-22(31-2)23(12-16)32-3/h4-13H,14H2,1-3H3. The number of fused-ring (bicyclic) bond motifs is 1. The predicted molar refractivity (Wildman–Crippen MR) is 132 cm³/mol. The number of thioether (sulfide) groups is 1. The van der Waals surface area contributed by atoms with Crippen LogP contribution in [-0.4, -0.2) is 35.3 Å². The normalized spacial score (nSPS) is 10.9. The Morgan fingerprint density at radius 1 is 1.00 bits per heavy atom. The summed E-state index contributed by atoms with van der Waals surface area (Å²) in [5, 5.41) is 1.35. The molecule has 0 amide bonds. The summed E-state index contributed by atoms with van der Waals surface area (Å²) >= 11 is 7.32. The van der Waals surface area contributed by atoms with E-state index in [0.29, 0.717) is 43.8 Å². The topological polar surface area (TPSA) is 70.4 Å². The van der Waals surface area contributed by atoms with Crippen LogP contribution in [0.15, 0.2) is 70.6 Å². The number of benzene rings is 3. The van der Waals surface area contributed by atoms with Gasteiger partial charge in [-0.2, -0.15) is 0 Å². The zero-order valence-corrected chi connectivity index (χ0v) is 19.9. The van der Waals surface area contributed by atoms with E-state index in [0.717, 1.165) is 5.56 Å². The maximum Gasteiger partial charge on any atom is 0.266 e. The molecule has 168 valence electrons. The Kier molecular flexibility index (Phi) is 6.72. The zero-order chi connectivity index (χ0) is 23.5. The Labute approximate surface area is 200 Å². The summed E-state index contributed by atoms with van der Waals surface area (Å²) in [6, 6.07) is 17.6. The number of aromatic nitrogens is 2. The van der Waals surface area contributed by atoms with E-state index in [1.54, 1.807) is 36.4 Å². The van der Waals surface area contributed by atoms with Gasteiger partial charge in [0.05, 0.1) is 36.6 Å². The molecule has 0 aliphatic carbocycles. The van der Waals surface area contributed by atoms with Gasteiger partial charge in [0.1, 0.15) is 0 Å². The molecule has 1 aromatic heterocycles. The minimum Gasteiger partial charge on any atom is -0.493 e. The molecule has 0 aliphatic heterocycles. The molecule has 0 saturated carbocycles. The Bertz CT molecular complexity index is 1400. The fraction of sp³-hybridized carbons (Fsp3) is 0.160. The summed E-state index contributed by atoms with van der Waals surface area (Å²) in [5.74, 6) is 0.975. The average molecular weight is 481 g/mol. The first kappa shape index (κ1) is 22.9. The van der Waals surface area contributed by atoms with Gasteiger partial charge in [0, 0.05) is 10.6 Å². The molecule has 4 aromatic rings. The van der Waals surface area contributed by atoms with E-state index >= 15 is 0 Å². The fourth-order valence-electron chi connectivity index (χ4n) is 3.38. The summed E-state index contributed by atoms with van der Waals surface area (Å²) in [7, 11) is 3.06. The van der Waals surface area contributed by atoms with Gasteiger partial charge in [0.25, 0.3) is 5.56 Å².